The van der Waals surface area contributed by atoms with Gasteiger partial charge in [0.15, 0.2) is 0 Å². The summed E-state index contributed by atoms with van der Waals surface area (Å²) in [5, 5.41) is 0. The maximum atomic E-state index is 10.8. The first-order chi connectivity index (χ1) is 5.63. The number of aromatic amines is 1. The lowest BCUT2D eigenvalue weighted by Gasteiger charge is -2.09. The Balaban J connectivity index is 3.15. The molecule has 0 aliphatic rings. The number of nitrogens with zero attached hydrogens (tertiary/aromatic N) is 3. The molecule has 1 aromatic rings. The molecule has 0 aromatic carbocycles. The minimum absolute atomic E-state index is 0.193. The van der Waals surface area contributed by atoms with Crippen molar-refractivity contribution in [3.8, 4) is 0 Å². The molecule has 1 aromatic heterocycles. The lowest BCUT2D eigenvalue weighted by molar-refractivity contribution is 0.919. The minimum Gasteiger partial charge on any atom is -0.347 e. The first kappa shape index (κ1) is 8.47. The quantitative estimate of drug-likeness (QED) is 0.369. The van der Waals surface area contributed by atoms with Crippen molar-refractivity contribution in [3.63, 3.8) is 0 Å². The van der Waals surface area contributed by atoms with Crippen LogP contribution in [0.5, 0.6) is 0 Å². The van der Waals surface area contributed by atoms with E-state index in [1.54, 1.807) is 19.0 Å². The fourth-order valence-electron chi connectivity index (χ4n) is 0.641. The van der Waals surface area contributed by atoms with Crippen LogP contribution in [0.1, 0.15) is 0 Å². The number of nitrogens with one attached hydrogen (secondary N) is 2. The van der Waals surface area contributed by atoms with Gasteiger partial charge in [-0.25, -0.2) is 10.6 Å². The van der Waals surface area contributed by atoms with Crippen molar-refractivity contribution in [2.24, 2.45) is 5.84 Å². The van der Waals surface area contributed by atoms with Crippen LogP contribution in [0.15, 0.2) is 4.79 Å². The molecule has 0 aliphatic carbocycles. The molecule has 0 bridgehead atoms. The number of nitrogens with two attached hydrogens (primary N) is 1. The average Bonchev–Trinajstić information content (AvgIpc) is 2.03. The summed E-state index contributed by atoms with van der Waals surface area (Å²) in [5.74, 6) is 5.56. The summed E-state index contributed by atoms with van der Waals surface area (Å²) in [4.78, 5) is 22.2. The maximum Gasteiger partial charge on any atom is 0.351 e. The molecule has 7 heteroatoms. The molecule has 0 saturated heterocycles. The molecule has 66 valence electrons. The van der Waals surface area contributed by atoms with E-state index in [0.29, 0.717) is 5.95 Å². The summed E-state index contributed by atoms with van der Waals surface area (Å²) < 4.78 is 0. The third-order valence-electron chi connectivity index (χ3n) is 1.18. The van der Waals surface area contributed by atoms with E-state index in [1.807, 2.05) is 0 Å². The third-order valence-corrected chi connectivity index (χ3v) is 1.18. The second kappa shape index (κ2) is 3.18. The molecule has 0 atom stereocenters. The summed E-state index contributed by atoms with van der Waals surface area (Å²) in [6.07, 6.45) is 0. The van der Waals surface area contributed by atoms with E-state index in [2.05, 4.69) is 20.4 Å². The molecule has 0 radical (unpaired) electrons. The molecule has 0 unspecified atom stereocenters. The fraction of sp³-hybridized carbons (Fsp3) is 0.400. The van der Waals surface area contributed by atoms with Gasteiger partial charge in [-0.3, -0.25) is 10.4 Å². The zero-order chi connectivity index (χ0) is 9.14. The predicted octanol–water partition coefficient (Wildman–Crippen LogP) is -1.48. The molecule has 4 N–H and O–H groups in total. The SMILES string of the molecule is CN(C)c1nc(NN)[nH]c(=O)n1. The molecule has 1 heterocycles. The number of hydrogen-bond donors (Lipinski definition) is 3. The van der Waals surface area contributed by atoms with Gasteiger partial charge in [0.05, 0.1) is 0 Å². The van der Waals surface area contributed by atoms with E-state index in [9.17, 15) is 4.79 Å². The number of anilines is 2. The number of nitrogen functional groups attached to an aromatic ring is 1. The van der Waals surface area contributed by atoms with Gasteiger partial charge in [-0.15, -0.1) is 0 Å². The van der Waals surface area contributed by atoms with E-state index in [4.69, 9.17) is 5.84 Å². The first-order valence-corrected chi connectivity index (χ1v) is 3.26. The number of H-pyrrole nitrogens is 1. The topological polar surface area (TPSA) is 99.9 Å². The largest absolute Gasteiger partial charge is 0.351 e. The Morgan fingerprint density at radius 3 is 2.67 bits per heavy atom. The molecule has 7 nitrogen and oxygen atoms in total. The van der Waals surface area contributed by atoms with E-state index in [-0.39, 0.29) is 5.95 Å². The summed E-state index contributed by atoms with van der Waals surface area (Å²) >= 11 is 0. The van der Waals surface area contributed by atoms with Crippen LogP contribution < -0.4 is 21.9 Å². The Morgan fingerprint density at radius 2 is 2.17 bits per heavy atom. The standard InChI is InChI=1S/C5H10N6O/c1-11(2)4-7-3(10-6)8-5(12)9-4/h6H2,1-2H3,(H2,7,8,9,10,12). The van der Waals surface area contributed by atoms with Crippen LogP contribution >= 0.6 is 0 Å². The fourth-order valence-corrected chi connectivity index (χ4v) is 0.641. The average molecular weight is 170 g/mol. The van der Waals surface area contributed by atoms with Gasteiger partial charge in [0, 0.05) is 14.1 Å². The summed E-state index contributed by atoms with van der Waals surface area (Å²) in [5.41, 5.74) is 1.75. The molecular formula is C5H10N6O. The zero-order valence-corrected chi connectivity index (χ0v) is 6.83. The van der Waals surface area contributed by atoms with Gasteiger partial charge in [-0.05, 0) is 0 Å². The van der Waals surface area contributed by atoms with Crippen molar-refractivity contribution in [1.29, 1.82) is 0 Å². The molecular weight excluding hydrogens is 160 g/mol. The van der Waals surface area contributed by atoms with Crippen LogP contribution in [-0.4, -0.2) is 29.0 Å². The second-order valence-corrected chi connectivity index (χ2v) is 2.34. The van der Waals surface area contributed by atoms with E-state index >= 15 is 0 Å². The number of hydrogen-bond acceptors (Lipinski definition) is 6. The van der Waals surface area contributed by atoms with Gasteiger partial charge >= 0.3 is 5.69 Å². The highest BCUT2D eigenvalue weighted by molar-refractivity contribution is 5.32. The highest BCUT2D eigenvalue weighted by atomic mass is 16.1. The Labute approximate surface area is 68.6 Å². The van der Waals surface area contributed by atoms with Crippen LogP contribution in [0.2, 0.25) is 0 Å². The molecule has 0 fully saturated rings. The van der Waals surface area contributed by atoms with Crippen molar-refractivity contribution in [3.05, 3.63) is 10.5 Å². The van der Waals surface area contributed by atoms with E-state index < -0.39 is 5.69 Å². The van der Waals surface area contributed by atoms with Gasteiger partial charge < -0.3 is 4.90 Å². The van der Waals surface area contributed by atoms with E-state index in [1.165, 1.54) is 0 Å². The van der Waals surface area contributed by atoms with Gasteiger partial charge in [0.2, 0.25) is 11.9 Å². The van der Waals surface area contributed by atoms with Crippen LogP contribution in [0.25, 0.3) is 0 Å². The summed E-state index contributed by atoms with van der Waals surface area (Å²) in [6, 6.07) is 0. The summed E-state index contributed by atoms with van der Waals surface area (Å²) in [7, 11) is 3.46. The Kier molecular flexibility index (Phi) is 2.24. The Hall–Kier alpha value is -1.63. The Bertz CT molecular complexity index is 318. The Morgan fingerprint density at radius 1 is 1.50 bits per heavy atom. The number of aromatic nitrogens is 3. The zero-order valence-electron chi connectivity index (χ0n) is 6.83. The van der Waals surface area contributed by atoms with Crippen molar-refractivity contribution < 1.29 is 0 Å². The molecule has 0 aliphatic heterocycles. The molecule has 0 saturated carbocycles. The monoisotopic (exact) mass is 170 g/mol. The summed E-state index contributed by atoms with van der Waals surface area (Å²) in [6.45, 7) is 0. The van der Waals surface area contributed by atoms with Crippen LogP contribution in [0.4, 0.5) is 11.9 Å². The van der Waals surface area contributed by atoms with Gasteiger partial charge in [-0.2, -0.15) is 9.97 Å². The van der Waals surface area contributed by atoms with Crippen molar-refractivity contribution in [2.45, 2.75) is 0 Å². The molecule has 12 heavy (non-hydrogen) atoms. The van der Waals surface area contributed by atoms with E-state index in [0.717, 1.165) is 0 Å². The maximum absolute atomic E-state index is 10.8. The normalized spacial score (nSPS) is 9.58. The van der Waals surface area contributed by atoms with Crippen molar-refractivity contribution in [2.75, 3.05) is 24.4 Å². The van der Waals surface area contributed by atoms with Crippen LogP contribution in [0, 0.1) is 0 Å². The predicted molar refractivity (Wildman–Crippen MR) is 44.8 cm³/mol. The van der Waals surface area contributed by atoms with Crippen LogP contribution in [0.3, 0.4) is 0 Å². The van der Waals surface area contributed by atoms with Gasteiger partial charge in [0.1, 0.15) is 0 Å². The van der Waals surface area contributed by atoms with Gasteiger partial charge in [0.25, 0.3) is 0 Å². The number of rotatable bonds is 2. The highest BCUT2D eigenvalue weighted by Gasteiger charge is 2.01. The third kappa shape index (κ3) is 1.70. The smallest absolute Gasteiger partial charge is 0.347 e. The lowest BCUT2D eigenvalue weighted by Crippen LogP contribution is -2.24. The van der Waals surface area contributed by atoms with Crippen LogP contribution in [-0.2, 0) is 0 Å². The second-order valence-electron chi connectivity index (χ2n) is 2.34. The van der Waals surface area contributed by atoms with Crippen molar-refractivity contribution >= 4 is 11.9 Å². The highest BCUT2D eigenvalue weighted by Crippen LogP contribution is 1.99. The molecule has 1 rings (SSSR count). The number of hydrazine groups is 1. The van der Waals surface area contributed by atoms with Crippen molar-refractivity contribution in [1.82, 2.24) is 15.0 Å². The first-order valence-electron chi connectivity index (χ1n) is 3.26. The van der Waals surface area contributed by atoms with Gasteiger partial charge in [-0.1, -0.05) is 0 Å². The lowest BCUT2D eigenvalue weighted by atomic mass is 10.8. The molecule has 0 spiro atoms. The molecule has 0 amide bonds. The minimum atomic E-state index is -0.485.